The van der Waals surface area contributed by atoms with Crippen molar-refractivity contribution in [2.75, 3.05) is 52.4 Å². The fourth-order valence-corrected chi connectivity index (χ4v) is 6.21. The van der Waals surface area contributed by atoms with E-state index in [1.807, 2.05) is 48.5 Å². The van der Waals surface area contributed by atoms with Crippen LogP contribution in [0.25, 0.3) is 11.1 Å². The average molecular weight is 663 g/mol. The van der Waals surface area contributed by atoms with Gasteiger partial charge in [-0.15, -0.1) is 0 Å². The summed E-state index contributed by atoms with van der Waals surface area (Å²) in [4.78, 5) is 30.8. The van der Waals surface area contributed by atoms with Gasteiger partial charge in [0, 0.05) is 37.3 Å². The summed E-state index contributed by atoms with van der Waals surface area (Å²) in [5.74, 6) is -0.0455. The summed E-state index contributed by atoms with van der Waals surface area (Å²) in [6.45, 7) is 16.6. The maximum Gasteiger partial charge on any atom is 0.251 e. The Morgan fingerprint density at radius 3 is 1.04 bits per heavy atom. The molecule has 270 valence electrons. The van der Waals surface area contributed by atoms with Crippen molar-refractivity contribution in [1.29, 1.82) is 0 Å². The van der Waals surface area contributed by atoms with E-state index in [2.05, 4.69) is 48.1 Å². The number of benzene rings is 2. The van der Waals surface area contributed by atoms with E-state index in [0.29, 0.717) is 24.2 Å². The Hall–Kier alpha value is -2.70. The molecular formula is C42H70N4O2. The number of amides is 2. The normalized spacial score (nSPS) is 11.4. The standard InChI is InChI=1S/C42H70N4O2/c1-5-9-13-15-19-33-45(31-17-11-7-3)35-29-43-41(47)39-25-21-37(22-26-39)38-23-27-40(28-24-38)42(48)44-30-36-46(32-18-12-8-4)34-20-16-14-10-6-2/h21-28H,5-20,29-36H2,1-4H3,(H,43,47)(H,44,48). The van der Waals surface area contributed by atoms with Crippen molar-refractivity contribution in [3.63, 3.8) is 0 Å². The van der Waals surface area contributed by atoms with Gasteiger partial charge < -0.3 is 20.4 Å². The lowest BCUT2D eigenvalue weighted by Crippen LogP contribution is -2.36. The van der Waals surface area contributed by atoms with Crippen LogP contribution in [0.15, 0.2) is 48.5 Å². The Labute approximate surface area is 294 Å². The van der Waals surface area contributed by atoms with Crippen LogP contribution in [0.5, 0.6) is 0 Å². The van der Waals surface area contributed by atoms with Gasteiger partial charge in [-0.3, -0.25) is 9.59 Å². The predicted molar refractivity (Wildman–Crippen MR) is 206 cm³/mol. The zero-order valence-electron chi connectivity index (χ0n) is 31.3. The van der Waals surface area contributed by atoms with Gasteiger partial charge in [-0.25, -0.2) is 0 Å². The lowest BCUT2D eigenvalue weighted by molar-refractivity contribution is 0.0939. The largest absolute Gasteiger partial charge is 0.351 e. The van der Waals surface area contributed by atoms with Gasteiger partial charge in [0.25, 0.3) is 11.8 Å². The van der Waals surface area contributed by atoms with E-state index < -0.39 is 0 Å². The average Bonchev–Trinajstić information content (AvgIpc) is 3.11. The molecule has 0 fully saturated rings. The molecular weight excluding hydrogens is 592 g/mol. The monoisotopic (exact) mass is 663 g/mol. The molecule has 0 heterocycles. The zero-order chi connectivity index (χ0) is 34.7. The minimum atomic E-state index is -0.0227. The summed E-state index contributed by atoms with van der Waals surface area (Å²) >= 11 is 0. The van der Waals surface area contributed by atoms with Crippen LogP contribution < -0.4 is 10.6 Å². The van der Waals surface area contributed by atoms with Gasteiger partial charge in [-0.05, 0) is 87.3 Å². The van der Waals surface area contributed by atoms with E-state index in [1.54, 1.807) is 0 Å². The number of unbranched alkanes of at least 4 members (excludes halogenated alkanes) is 12. The highest BCUT2D eigenvalue weighted by Crippen LogP contribution is 2.21. The summed E-state index contributed by atoms with van der Waals surface area (Å²) in [5, 5.41) is 6.27. The molecule has 0 aliphatic heterocycles. The molecule has 0 spiro atoms. The molecule has 0 saturated heterocycles. The molecule has 0 unspecified atom stereocenters. The maximum absolute atomic E-state index is 12.9. The Kier molecular flexibility index (Phi) is 23.5. The maximum atomic E-state index is 12.9. The summed E-state index contributed by atoms with van der Waals surface area (Å²) < 4.78 is 0. The highest BCUT2D eigenvalue weighted by atomic mass is 16.2. The number of carbonyl (C=O) groups is 2. The van der Waals surface area contributed by atoms with Crippen LogP contribution in [-0.2, 0) is 0 Å². The molecule has 0 saturated carbocycles. The van der Waals surface area contributed by atoms with Gasteiger partial charge in [0.15, 0.2) is 0 Å². The molecule has 0 atom stereocenters. The number of rotatable bonds is 29. The predicted octanol–water partition coefficient (Wildman–Crippen LogP) is 9.74. The lowest BCUT2D eigenvalue weighted by Gasteiger charge is -2.22. The minimum absolute atomic E-state index is 0.0227. The van der Waals surface area contributed by atoms with Gasteiger partial charge in [0.1, 0.15) is 0 Å². The molecule has 2 aromatic carbocycles. The lowest BCUT2D eigenvalue weighted by atomic mass is 10.0. The molecule has 2 aromatic rings. The van der Waals surface area contributed by atoms with Crippen molar-refractivity contribution < 1.29 is 9.59 Å². The van der Waals surface area contributed by atoms with Crippen molar-refractivity contribution in [3.05, 3.63) is 59.7 Å². The second kappa shape index (κ2) is 27.2. The fourth-order valence-electron chi connectivity index (χ4n) is 6.21. The van der Waals surface area contributed by atoms with Gasteiger partial charge in [0.05, 0.1) is 0 Å². The van der Waals surface area contributed by atoms with E-state index in [-0.39, 0.29) is 11.8 Å². The van der Waals surface area contributed by atoms with Gasteiger partial charge >= 0.3 is 0 Å². The van der Waals surface area contributed by atoms with Gasteiger partial charge in [-0.1, -0.05) is 129 Å². The third-order valence-corrected chi connectivity index (χ3v) is 9.37. The first-order valence-electron chi connectivity index (χ1n) is 19.7. The van der Waals surface area contributed by atoms with Crippen LogP contribution in [0, 0.1) is 0 Å². The molecule has 2 N–H and O–H groups in total. The fraction of sp³-hybridized carbons (Fsp3) is 0.667. The molecule has 0 aliphatic rings. The molecule has 2 amide bonds. The third-order valence-electron chi connectivity index (χ3n) is 9.37. The van der Waals surface area contributed by atoms with Crippen molar-refractivity contribution >= 4 is 11.8 Å². The summed E-state index contributed by atoms with van der Waals surface area (Å²) in [7, 11) is 0. The first-order valence-corrected chi connectivity index (χ1v) is 19.7. The Bertz CT molecular complexity index is 998. The van der Waals surface area contributed by atoms with Crippen LogP contribution in [0.1, 0.15) is 151 Å². The second-order valence-electron chi connectivity index (χ2n) is 13.6. The van der Waals surface area contributed by atoms with Crippen molar-refractivity contribution in [3.8, 4) is 11.1 Å². The smallest absolute Gasteiger partial charge is 0.251 e. The first-order chi connectivity index (χ1) is 23.5. The van der Waals surface area contributed by atoms with Crippen LogP contribution >= 0.6 is 0 Å². The summed E-state index contributed by atoms with van der Waals surface area (Å²) in [5.41, 5.74) is 3.42. The van der Waals surface area contributed by atoms with Gasteiger partial charge in [0.2, 0.25) is 0 Å². The van der Waals surface area contributed by atoms with E-state index in [1.165, 1.54) is 103 Å². The molecule has 6 heteroatoms. The summed E-state index contributed by atoms with van der Waals surface area (Å²) in [6.07, 6.45) is 20.4. The molecule has 6 nitrogen and oxygen atoms in total. The molecule has 0 radical (unpaired) electrons. The second-order valence-corrected chi connectivity index (χ2v) is 13.6. The number of hydrogen-bond donors (Lipinski definition) is 2. The molecule has 48 heavy (non-hydrogen) atoms. The van der Waals surface area contributed by atoms with E-state index in [9.17, 15) is 9.59 Å². The number of carbonyl (C=O) groups excluding carboxylic acids is 2. The van der Waals surface area contributed by atoms with Crippen molar-refractivity contribution in [2.24, 2.45) is 0 Å². The van der Waals surface area contributed by atoms with Crippen LogP contribution in [-0.4, -0.2) is 74.0 Å². The summed E-state index contributed by atoms with van der Waals surface area (Å²) in [6, 6.07) is 15.6. The number of nitrogens with one attached hydrogen (secondary N) is 2. The molecule has 0 aliphatic carbocycles. The first kappa shape index (κ1) is 41.5. The van der Waals surface area contributed by atoms with E-state index in [0.717, 1.165) is 50.4 Å². The molecule has 0 aromatic heterocycles. The zero-order valence-corrected chi connectivity index (χ0v) is 31.3. The highest BCUT2D eigenvalue weighted by Gasteiger charge is 2.11. The third kappa shape index (κ3) is 18.2. The number of nitrogens with zero attached hydrogens (tertiary/aromatic N) is 2. The van der Waals surface area contributed by atoms with E-state index in [4.69, 9.17) is 0 Å². The number of hydrogen-bond acceptors (Lipinski definition) is 4. The highest BCUT2D eigenvalue weighted by molar-refractivity contribution is 5.95. The van der Waals surface area contributed by atoms with Crippen molar-refractivity contribution in [2.45, 2.75) is 130 Å². The topological polar surface area (TPSA) is 64.7 Å². The molecule has 2 rings (SSSR count). The SMILES string of the molecule is CCCCCCCN(CCCCC)CCNC(=O)c1ccc(-c2ccc(C(=O)NCCN(CCCCC)CCCCCCC)cc2)cc1. The van der Waals surface area contributed by atoms with Gasteiger partial charge in [-0.2, -0.15) is 0 Å². The molecule has 0 bridgehead atoms. The van der Waals surface area contributed by atoms with Crippen molar-refractivity contribution in [1.82, 2.24) is 20.4 Å². The van der Waals surface area contributed by atoms with Crippen LogP contribution in [0.2, 0.25) is 0 Å². The Balaban J connectivity index is 1.80. The van der Waals surface area contributed by atoms with E-state index >= 15 is 0 Å². The Morgan fingerprint density at radius 2 is 0.708 bits per heavy atom. The van der Waals surface area contributed by atoms with Crippen LogP contribution in [0.4, 0.5) is 0 Å². The van der Waals surface area contributed by atoms with Crippen LogP contribution in [0.3, 0.4) is 0 Å². The Morgan fingerprint density at radius 1 is 0.417 bits per heavy atom. The quantitative estimate of drug-likeness (QED) is 0.0852. The minimum Gasteiger partial charge on any atom is -0.351 e.